The highest BCUT2D eigenvalue weighted by atomic mass is 35.5. The molecule has 0 saturated heterocycles. The lowest BCUT2D eigenvalue weighted by Crippen LogP contribution is -2.49. The first-order valence-corrected chi connectivity index (χ1v) is 6.85. The third-order valence-corrected chi connectivity index (χ3v) is 4.22. The van der Waals surface area contributed by atoms with Crippen LogP contribution in [0.25, 0.3) is 0 Å². The fourth-order valence-corrected chi connectivity index (χ4v) is 2.83. The molecule has 1 aliphatic rings. The zero-order chi connectivity index (χ0) is 15.9. The second-order valence-electron chi connectivity index (χ2n) is 4.94. The Bertz CT molecular complexity index is 741. The largest absolute Gasteiger partial charge is 0.476 e. The number of para-hydroxylation sites is 1. The number of hydrogen-bond donors (Lipinski definition) is 1. The van der Waals surface area contributed by atoms with Gasteiger partial charge in [0.15, 0.2) is 6.10 Å². The first-order chi connectivity index (χ1) is 10.5. The van der Waals surface area contributed by atoms with Crippen LogP contribution < -0.4 is 4.74 Å². The highest BCUT2D eigenvalue weighted by Crippen LogP contribution is 2.51. The molecule has 0 radical (unpaired) electrons. The molecular formula is C15H11ClFNO4. The predicted molar refractivity (Wildman–Crippen MR) is 76.7 cm³/mol. The normalized spacial score (nSPS) is 26.9. The van der Waals surface area contributed by atoms with E-state index in [9.17, 15) is 19.6 Å². The van der Waals surface area contributed by atoms with E-state index in [0.717, 1.165) is 6.07 Å². The molecule has 7 heteroatoms. The lowest BCUT2D eigenvalue weighted by atomic mass is 9.89. The summed E-state index contributed by atoms with van der Waals surface area (Å²) in [5, 5.41) is 21.9. The Kier molecular flexibility index (Phi) is 3.50. The minimum absolute atomic E-state index is 0.0808. The van der Waals surface area contributed by atoms with E-state index in [2.05, 4.69) is 0 Å². The summed E-state index contributed by atoms with van der Waals surface area (Å²) in [6.45, 7) is 0. The van der Waals surface area contributed by atoms with E-state index in [1.165, 1.54) is 24.3 Å². The molecule has 3 atom stereocenters. The summed E-state index contributed by atoms with van der Waals surface area (Å²) in [6.07, 6.45) is -3.10. The van der Waals surface area contributed by atoms with Gasteiger partial charge in [-0.2, -0.15) is 0 Å². The van der Waals surface area contributed by atoms with Gasteiger partial charge in [0.1, 0.15) is 11.6 Å². The molecule has 0 unspecified atom stereocenters. The Labute approximate surface area is 130 Å². The van der Waals surface area contributed by atoms with E-state index < -0.39 is 27.9 Å². The number of rotatable bonds is 2. The van der Waals surface area contributed by atoms with Crippen LogP contribution in [0, 0.1) is 15.9 Å². The van der Waals surface area contributed by atoms with Gasteiger partial charge in [-0.25, -0.2) is 4.39 Å². The van der Waals surface area contributed by atoms with Crippen molar-refractivity contribution in [3.63, 3.8) is 0 Å². The zero-order valence-corrected chi connectivity index (χ0v) is 11.9. The summed E-state index contributed by atoms with van der Waals surface area (Å²) >= 11 is 6.12. The number of halogens is 2. The van der Waals surface area contributed by atoms with Gasteiger partial charge in [-0.3, -0.25) is 10.1 Å². The Balaban J connectivity index is 2.20. The molecular weight excluding hydrogens is 313 g/mol. The maximum absolute atomic E-state index is 14.0. The Morgan fingerprint density at radius 2 is 1.77 bits per heavy atom. The smallest absolute Gasteiger partial charge is 0.365 e. The zero-order valence-electron chi connectivity index (χ0n) is 11.1. The fourth-order valence-electron chi connectivity index (χ4n) is 2.55. The Hall–Kier alpha value is -2.18. The standard InChI is InChI=1S/C15H11ClFNO4/c16-15(18(20)21)13(19)10-6-2-4-8-12(10)22-14(15)9-5-1-3-7-11(9)17/h1-8,13-14,19H/t13-,14-,15+/m0/s1. The van der Waals surface area contributed by atoms with E-state index in [0.29, 0.717) is 0 Å². The van der Waals surface area contributed by atoms with Gasteiger partial charge in [-0.05, 0) is 23.7 Å². The van der Waals surface area contributed by atoms with Gasteiger partial charge in [-0.15, -0.1) is 0 Å². The Morgan fingerprint density at radius 1 is 1.18 bits per heavy atom. The molecule has 1 N–H and O–H groups in total. The van der Waals surface area contributed by atoms with Crippen molar-refractivity contribution >= 4 is 11.6 Å². The second kappa shape index (κ2) is 5.23. The minimum Gasteiger partial charge on any atom is -0.476 e. The van der Waals surface area contributed by atoms with E-state index in [4.69, 9.17) is 16.3 Å². The van der Waals surface area contributed by atoms with Crippen LogP contribution in [0.3, 0.4) is 0 Å². The molecule has 5 nitrogen and oxygen atoms in total. The summed E-state index contributed by atoms with van der Waals surface area (Å²) in [7, 11) is 0. The van der Waals surface area contributed by atoms with Gasteiger partial charge in [0.05, 0.1) is 4.92 Å². The third-order valence-electron chi connectivity index (χ3n) is 3.68. The summed E-state index contributed by atoms with van der Waals surface area (Å²) in [6, 6.07) is 11.8. The maximum Gasteiger partial charge on any atom is 0.365 e. The summed E-state index contributed by atoms with van der Waals surface area (Å²) in [4.78, 5) is 8.24. The Morgan fingerprint density at radius 3 is 2.41 bits per heavy atom. The lowest BCUT2D eigenvalue weighted by Gasteiger charge is -2.37. The number of aliphatic hydroxyl groups excluding tert-OH is 1. The lowest BCUT2D eigenvalue weighted by molar-refractivity contribution is -0.570. The van der Waals surface area contributed by atoms with E-state index >= 15 is 0 Å². The number of ether oxygens (including phenoxy) is 1. The van der Waals surface area contributed by atoms with Crippen molar-refractivity contribution in [1.29, 1.82) is 0 Å². The molecule has 0 spiro atoms. The molecule has 0 bridgehead atoms. The van der Waals surface area contributed by atoms with Gasteiger partial charge in [0, 0.05) is 11.1 Å². The van der Waals surface area contributed by atoms with E-state index in [1.807, 2.05) is 0 Å². The second-order valence-corrected chi connectivity index (χ2v) is 5.55. The SMILES string of the molecule is O=[N+]([O-])[C@]1(Cl)[C@@H](O)c2ccccc2O[C@H]1c1ccccc1F. The number of fused-ring (bicyclic) bond motifs is 1. The summed E-state index contributed by atoms with van der Waals surface area (Å²) in [5.41, 5.74) is 0.115. The van der Waals surface area contributed by atoms with Crippen molar-refractivity contribution in [2.45, 2.75) is 17.2 Å². The quantitative estimate of drug-likeness (QED) is 0.398. The number of nitro groups is 1. The molecule has 22 heavy (non-hydrogen) atoms. The third kappa shape index (κ3) is 2.03. The molecule has 2 aromatic rings. The molecule has 0 fully saturated rings. The van der Waals surface area contributed by atoms with Gasteiger partial charge in [0.2, 0.25) is 6.10 Å². The molecule has 0 aromatic heterocycles. The fraction of sp³-hybridized carbons (Fsp3) is 0.200. The molecule has 114 valence electrons. The average molecular weight is 324 g/mol. The van der Waals surface area contributed by atoms with Crippen molar-refractivity contribution in [3.05, 3.63) is 75.6 Å². The van der Waals surface area contributed by atoms with Crippen molar-refractivity contribution < 1.29 is 19.2 Å². The molecule has 0 saturated carbocycles. The van der Waals surface area contributed by atoms with Crippen LogP contribution in [0.5, 0.6) is 5.75 Å². The number of alkyl halides is 1. The molecule has 0 aliphatic carbocycles. The van der Waals surface area contributed by atoms with Crippen LogP contribution in [-0.4, -0.2) is 15.0 Å². The first kappa shape index (κ1) is 14.7. The molecule has 1 aliphatic heterocycles. The van der Waals surface area contributed by atoms with E-state index in [-0.39, 0.29) is 16.9 Å². The number of nitrogens with zero attached hydrogens (tertiary/aromatic N) is 1. The minimum atomic E-state index is -2.42. The molecule has 2 aromatic carbocycles. The molecule has 1 heterocycles. The van der Waals surface area contributed by atoms with Crippen molar-refractivity contribution in [2.75, 3.05) is 0 Å². The van der Waals surface area contributed by atoms with Crippen LogP contribution in [0.15, 0.2) is 48.5 Å². The highest BCUT2D eigenvalue weighted by Gasteiger charge is 2.62. The summed E-state index contributed by atoms with van der Waals surface area (Å²) in [5.74, 6) is -0.452. The van der Waals surface area contributed by atoms with Crippen LogP contribution in [-0.2, 0) is 0 Å². The van der Waals surface area contributed by atoms with Crippen LogP contribution in [0.1, 0.15) is 23.3 Å². The number of aliphatic hydroxyl groups is 1. The maximum atomic E-state index is 14.0. The topological polar surface area (TPSA) is 72.6 Å². The van der Waals surface area contributed by atoms with Crippen molar-refractivity contribution in [3.8, 4) is 5.75 Å². The van der Waals surface area contributed by atoms with E-state index in [1.54, 1.807) is 18.2 Å². The summed E-state index contributed by atoms with van der Waals surface area (Å²) < 4.78 is 19.6. The van der Waals surface area contributed by atoms with Gasteiger partial charge in [-0.1, -0.05) is 36.4 Å². The van der Waals surface area contributed by atoms with Crippen LogP contribution in [0.2, 0.25) is 0 Å². The van der Waals surface area contributed by atoms with Crippen LogP contribution >= 0.6 is 11.6 Å². The molecule has 3 rings (SSSR count). The average Bonchev–Trinajstić information content (AvgIpc) is 2.51. The van der Waals surface area contributed by atoms with Gasteiger partial charge >= 0.3 is 5.00 Å². The van der Waals surface area contributed by atoms with Gasteiger partial charge in [0.25, 0.3) is 0 Å². The highest BCUT2D eigenvalue weighted by molar-refractivity contribution is 6.23. The number of hydrogen-bond acceptors (Lipinski definition) is 4. The monoisotopic (exact) mass is 323 g/mol. The molecule has 0 amide bonds. The van der Waals surface area contributed by atoms with Gasteiger partial charge < -0.3 is 9.84 Å². The predicted octanol–water partition coefficient (Wildman–Crippen LogP) is 3.20. The van der Waals surface area contributed by atoms with Crippen molar-refractivity contribution in [1.82, 2.24) is 0 Å². The van der Waals surface area contributed by atoms with Crippen LogP contribution in [0.4, 0.5) is 4.39 Å². The number of benzene rings is 2. The van der Waals surface area contributed by atoms with Crippen molar-refractivity contribution in [2.24, 2.45) is 0 Å². The first-order valence-electron chi connectivity index (χ1n) is 6.47.